The number of esters is 2. The fourth-order valence-corrected chi connectivity index (χ4v) is 1.88. The number of Topliss-reactive ketones (excluding diaryl/α,β-unsaturated/α-hetero) is 2. The highest BCUT2D eigenvalue weighted by Gasteiger charge is 2.32. The summed E-state index contributed by atoms with van der Waals surface area (Å²) in [5.41, 5.74) is -1.11. The van der Waals surface area contributed by atoms with Crippen LogP contribution in [0.1, 0.15) is 80.1 Å². The zero-order valence-corrected chi connectivity index (χ0v) is 15.3. The molecular formula is C18H30O5. The molecule has 132 valence electrons. The summed E-state index contributed by atoms with van der Waals surface area (Å²) in [6.45, 7) is 10.7. The van der Waals surface area contributed by atoms with Crippen molar-refractivity contribution in [2.75, 3.05) is 0 Å². The fraction of sp³-hybridized carbons (Fsp3) is 0.778. The molecule has 0 unspecified atom stereocenters. The van der Waals surface area contributed by atoms with Crippen molar-refractivity contribution in [1.82, 2.24) is 0 Å². The van der Waals surface area contributed by atoms with Gasteiger partial charge in [0.15, 0.2) is 0 Å². The lowest BCUT2D eigenvalue weighted by molar-refractivity contribution is -0.159. The van der Waals surface area contributed by atoms with Gasteiger partial charge in [-0.05, 0) is 12.8 Å². The Morgan fingerprint density at radius 3 is 1.87 bits per heavy atom. The highest BCUT2D eigenvalue weighted by molar-refractivity contribution is 6.03. The summed E-state index contributed by atoms with van der Waals surface area (Å²) >= 11 is 0. The first-order chi connectivity index (χ1) is 10.4. The first-order valence-corrected chi connectivity index (χ1v) is 8.20. The van der Waals surface area contributed by atoms with Gasteiger partial charge in [-0.15, -0.1) is 0 Å². The van der Waals surface area contributed by atoms with Gasteiger partial charge in [-0.1, -0.05) is 48.0 Å². The Morgan fingerprint density at radius 2 is 1.39 bits per heavy atom. The van der Waals surface area contributed by atoms with E-state index in [0.717, 1.165) is 0 Å². The van der Waals surface area contributed by atoms with E-state index in [2.05, 4.69) is 4.74 Å². The Morgan fingerprint density at radius 1 is 0.826 bits per heavy atom. The molecule has 0 radical (unpaired) electrons. The van der Waals surface area contributed by atoms with Crippen molar-refractivity contribution in [3.8, 4) is 0 Å². The molecule has 0 heterocycles. The predicted octanol–water partition coefficient (Wildman–Crippen LogP) is 3.63. The maximum atomic E-state index is 12.3. The molecule has 0 rings (SSSR count). The topological polar surface area (TPSA) is 77.5 Å². The Bertz CT molecular complexity index is 455. The van der Waals surface area contributed by atoms with Gasteiger partial charge in [0.2, 0.25) is 0 Å². The summed E-state index contributed by atoms with van der Waals surface area (Å²) in [6, 6.07) is 0. The molecule has 0 spiro atoms. The third kappa shape index (κ3) is 8.62. The van der Waals surface area contributed by atoms with E-state index in [0.29, 0.717) is 19.3 Å². The zero-order valence-electron chi connectivity index (χ0n) is 15.3. The van der Waals surface area contributed by atoms with Crippen molar-refractivity contribution in [2.45, 2.75) is 80.1 Å². The SMILES string of the molecule is CCC(=O)OC(=O)CCCCC(C)(C)C(=O)CC(=O)C(C)(C)C. The Balaban J connectivity index is 4.23. The lowest BCUT2D eigenvalue weighted by Gasteiger charge is -2.25. The minimum Gasteiger partial charge on any atom is -0.393 e. The second kappa shape index (κ2) is 8.94. The quantitative estimate of drug-likeness (QED) is 0.367. The molecule has 0 aliphatic heterocycles. The molecular weight excluding hydrogens is 296 g/mol. The molecule has 5 heteroatoms. The average molecular weight is 326 g/mol. The first kappa shape index (κ1) is 21.5. The second-order valence-corrected chi connectivity index (χ2v) is 7.56. The lowest BCUT2D eigenvalue weighted by Crippen LogP contribution is -2.31. The van der Waals surface area contributed by atoms with E-state index < -0.39 is 22.8 Å². The molecule has 0 aliphatic rings. The van der Waals surface area contributed by atoms with Gasteiger partial charge in [-0.2, -0.15) is 0 Å². The molecule has 0 saturated carbocycles. The third-order valence-electron chi connectivity index (χ3n) is 3.86. The van der Waals surface area contributed by atoms with Crippen molar-refractivity contribution < 1.29 is 23.9 Å². The van der Waals surface area contributed by atoms with Gasteiger partial charge in [0, 0.05) is 23.7 Å². The van der Waals surface area contributed by atoms with E-state index >= 15 is 0 Å². The van der Waals surface area contributed by atoms with Crippen molar-refractivity contribution in [2.24, 2.45) is 10.8 Å². The molecule has 0 aromatic heterocycles. The van der Waals surface area contributed by atoms with Gasteiger partial charge in [0.25, 0.3) is 0 Å². The van der Waals surface area contributed by atoms with Crippen LogP contribution >= 0.6 is 0 Å². The van der Waals surface area contributed by atoms with E-state index in [1.54, 1.807) is 27.7 Å². The smallest absolute Gasteiger partial charge is 0.313 e. The maximum absolute atomic E-state index is 12.3. The largest absolute Gasteiger partial charge is 0.393 e. The van der Waals surface area contributed by atoms with E-state index in [9.17, 15) is 19.2 Å². The summed E-state index contributed by atoms with van der Waals surface area (Å²) in [5, 5.41) is 0. The number of hydrogen-bond acceptors (Lipinski definition) is 5. The maximum Gasteiger partial charge on any atom is 0.313 e. The number of hydrogen-bond donors (Lipinski definition) is 0. The van der Waals surface area contributed by atoms with Crippen molar-refractivity contribution in [1.29, 1.82) is 0 Å². The molecule has 0 saturated heterocycles. The van der Waals surface area contributed by atoms with E-state index in [4.69, 9.17) is 0 Å². The van der Waals surface area contributed by atoms with Crippen LogP contribution in [0.15, 0.2) is 0 Å². The van der Waals surface area contributed by atoms with Crippen molar-refractivity contribution >= 4 is 23.5 Å². The van der Waals surface area contributed by atoms with Crippen LogP contribution in [0.25, 0.3) is 0 Å². The normalized spacial score (nSPS) is 11.9. The molecule has 0 aliphatic carbocycles. The number of ketones is 2. The lowest BCUT2D eigenvalue weighted by atomic mass is 9.78. The van der Waals surface area contributed by atoms with E-state index in [1.807, 2.05) is 13.8 Å². The monoisotopic (exact) mass is 326 g/mol. The number of unbranched alkanes of at least 4 members (excludes halogenated alkanes) is 1. The van der Waals surface area contributed by atoms with Crippen LogP contribution in [0.2, 0.25) is 0 Å². The highest BCUT2D eigenvalue weighted by atomic mass is 16.6. The molecule has 0 fully saturated rings. The summed E-state index contributed by atoms with van der Waals surface area (Å²) in [6.07, 6.45) is 2.10. The number of ether oxygens (including phenoxy) is 1. The minimum atomic E-state index is -0.593. The predicted molar refractivity (Wildman–Crippen MR) is 87.7 cm³/mol. The standard InChI is InChI=1S/C18H30O5/c1-7-15(21)23-16(22)10-8-9-11-18(5,6)14(20)12-13(19)17(2,3)4/h7-12H2,1-6H3. The molecule has 23 heavy (non-hydrogen) atoms. The molecule has 5 nitrogen and oxygen atoms in total. The van der Waals surface area contributed by atoms with E-state index in [1.165, 1.54) is 0 Å². The van der Waals surface area contributed by atoms with Crippen molar-refractivity contribution in [3.63, 3.8) is 0 Å². The summed E-state index contributed by atoms with van der Waals surface area (Å²) in [4.78, 5) is 46.6. The Labute approximate surface area is 139 Å². The van der Waals surface area contributed by atoms with Crippen LogP contribution in [-0.2, 0) is 23.9 Å². The van der Waals surface area contributed by atoms with Crippen LogP contribution < -0.4 is 0 Å². The van der Waals surface area contributed by atoms with Crippen LogP contribution in [0, 0.1) is 10.8 Å². The van der Waals surface area contributed by atoms with Gasteiger partial charge in [0.05, 0.1) is 6.42 Å². The molecule has 0 amide bonds. The zero-order chi connectivity index (χ0) is 18.3. The molecule has 0 N–H and O–H groups in total. The Kier molecular flexibility index (Phi) is 8.35. The van der Waals surface area contributed by atoms with Gasteiger partial charge < -0.3 is 4.74 Å². The summed E-state index contributed by atoms with van der Waals surface area (Å²) in [5.74, 6) is -1.17. The van der Waals surface area contributed by atoms with Crippen molar-refractivity contribution in [3.05, 3.63) is 0 Å². The number of carbonyl (C=O) groups excluding carboxylic acids is 4. The van der Waals surface area contributed by atoms with Gasteiger partial charge in [0.1, 0.15) is 11.6 Å². The van der Waals surface area contributed by atoms with Crippen LogP contribution in [0.5, 0.6) is 0 Å². The highest BCUT2D eigenvalue weighted by Crippen LogP contribution is 2.28. The Hall–Kier alpha value is -1.52. The van der Waals surface area contributed by atoms with Gasteiger partial charge in [-0.3, -0.25) is 19.2 Å². The van der Waals surface area contributed by atoms with Gasteiger partial charge in [-0.25, -0.2) is 0 Å². The van der Waals surface area contributed by atoms with Crippen LogP contribution in [0.4, 0.5) is 0 Å². The summed E-state index contributed by atoms with van der Waals surface area (Å²) in [7, 11) is 0. The summed E-state index contributed by atoms with van der Waals surface area (Å²) < 4.78 is 4.58. The first-order valence-electron chi connectivity index (χ1n) is 8.20. The molecule has 0 atom stereocenters. The molecule has 0 aromatic rings. The molecule has 0 bridgehead atoms. The van der Waals surface area contributed by atoms with Crippen LogP contribution in [0.3, 0.4) is 0 Å². The minimum absolute atomic E-state index is 0.0520. The number of carbonyl (C=O) groups is 4. The fourth-order valence-electron chi connectivity index (χ4n) is 1.88. The molecule has 0 aromatic carbocycles. The third-order valence-corrected chi connectivity index (χ3v) is 3.86. The average Bonchev–Trinajstić information content (AvgIpc) is 2.42. The van der Waals surface area contributed by atoms with E-state index in [-0.39, 0.29) is 30.8 Å². The second-order valence-electron chi connectivity index (χ2n) is 7.56. The number of rotatable bonds is 9. The van der Waals surface area contributed by atoms with Gasteiger partial charge >= 0.3 is 11.9 Å². The van der Waals surface area contributed by atoms with Crippen LogP contribution in [-0.4, -0.2) is 23.5 Å².